The molecular formula is C21H26N6O2. The Labute approximate surface area is 169 Å². The largest absolute Gasteiger partial charge is 0.481 e. The molecule has 2 aromatic heterocycles. The molecule has 1 aromatic carbocycles. The van der Waals surface area contributed by atoms with Gasteiger partial charge in [-0.15, -0.1) is 0 Å². The molecule has 3 heterocycles. The molecule has 1 fully saturated rings. The van der Waals surface area contributed by atoms with E-state index in [0.717, 1.165) is 41.9 Å². The lowest BCUT2D eigenvalue weighted by molar-refractivity contribution is -0.127. The van der Waals surface area contributed by atoms with E-state index >= 15 is 0 Å². The molecule has 4 rings (SSSR count). The molecule has 152 valence electrons. The minimum Gasteiger partial charge on any atom is -0.481 e. The zero-order valence-corrected chi connectivity index (χ0v) is 16.8. The van der Waals surface area contributed by atoms with Gasteiger partial charge in [0.15, 0.2) is 11.8 Å². The van der Waals surface area contributed by atoms with Gasteiger partial charge in [-0.3, -0.25) is 4.79 Å². The third-order valence-corrected chi connectivity index (χ3v) is 5.17. The molecule has 0 unspecified atom stereocenters. The van der Waals surface area contributed by atoms with Crippen molar-refractivity contribution in [1.82, 2.24) is 30.4 Å². The van der Waals surface area contributed by atoms with E-state index in [4.69, 9.17) is 9.84 Å². The van der Waals surface area contributed by atoms with Crippen LogP contribution in [-0.4, -0.2) is 51.4 Å². The number of fused-ring (bicyclic) bond motifs is 1. The van der Waals surface area contributed by atoms with Crippen LogP contribution in [0, 0.1) is 6.92 Å². The molecule has 2 N–H and O–H groups in total. The molecule has 1 saturated heterocycles. The third-order valence-electron chi connectivity index (χ3n) is 5.17. The summed E-state index contributed by atoms with van der Waals surface area (Å²) in [6.45, 7) is 6.63. The van der Waals surface area contributed by atoms with Gasteiger partial charge in [-0.2, -0.15) is 5.10 Å². The molecule has 0 radical (unpaired) electrons. The SMILES string of the molecule is Cc1ccc(O[C@H](C)C(=O)NCCn2nc([C@H]3CCNC3)c3nccnc32)cc1. The predicted octanol–water partition coefficient (Wildman–Crippen LogP) is 1.80. The second-order valence-electron chi connectivity index (χ2n) is 7.39. The lowest BCUT2D eigenvalue weighted by atomic mass is 10.0. The van der Waals surface area contributed by atoms with E-state index in [-0.39, 0.29) is 5.91 Å². The van der Waals surface area contributed by atoms with Crippen LogP contribution in [0.25, 0.3) is 11.2 Å². The summed E-state index contributed by atoms with van der Waals surface area (Å²) in [7, 11) is 0. The Balaban J connectivity index is 1.37. The number of ether oxygens (including phenoxy) is 1. The smallest absolute Gasteiger partial charge is 0.260 e. The van der Waals surface area contributed by atoms with Crippen molar-refractivity contribution in [2.45, 2.75) is 38.8 Å². The molecule has 1 aliphatic rings. The van der Waals surface area contributed by atoms with E-state index < -0.39 is 6.10 Å². The normalized spacial score (nSPS) is 17.4. The molecule has 2 atom stereocenters. The standard InChI is InChI=1S/C21H26N6O2/c1-14-3-5-17(6-4-14)29-15(2)21(28)25-11-12-27-20-19(23-9-10-24-20)18(26-27)16-7-8-22-13-16/h3-6,9-10,15-16,22H,7-8,11-13H2,1-2H3,(H,25,28)/t15-,16+/m1/s1. The Kier molecular flexibility index (Phi) is 5.71. The van der Waals surface area contributed by atoms with Crippen molar-refractivity contribution < 1.29 is 9.53 Å². The number of rotatable bonds is 7. The zero-order valence-electron chi connectivity index (χ0n) is 16.8. The monoisotopic (exact) mass is 394 g/mol. The average molecular weight is 394 g/mol. The van der Waals surface area contributed by atoms with E-state index in [1.54, 1.807) is 19.3 Å². The topological polar surface area (TPSA) is 94.0 Å². The number of hydrogen-bond acceptors (Lipinski definition) is 6. The second-order valence-corrected chi connectivity index (χ2v) is 7.39. The fourth-order valence-corrected chi connectivity index (χ4v) is 3.55. The highest BCUT2D eigenvalue weighted by Crippen LogP contribution is 2.26. The Bertz CT molecular complexity index is 979. The molecular weight excluding hydrogens is 368 g/mol. The van der Waals surface area contributed by atoms with Crippen LogP contribution >= 0.6 is 0 Å². The van der Waals surface area contributed by atoms with Crippen molar-refractivity contribution in [3.8, 4) is 5.75 Å². The van der Waals surface area contributed by atoms with Crippen LogP contribution in [0.4, 0.5) is 0 Å². The van der Waals surface area contributed by atoms with Gasteiger partial charge in [0.25, 0.3) is 5.91 Å². The lowest BCUT2D eigenvalue weighted by Gasteiger charge is -2.15. The van der Waals surface area contributed by atoms with Crippen molar-refractivity contribution >= 4 is 17.1 Å². The molecule has 8 nitrogen and oxygen atoms in total. The summed E-state index contributed by atoms with van der Waals surface area (Å²) in [6, 6.07) is 7.66. The van der Waals surface area contributed by atoms with Crippen LogP contribution in [0.3, 0.4) is 0 Å². The van der Waals surface area contributed by atoms with Gasteiger partial charge in [0.05, 0.1) is 12.2 Å². The first-order chi connectivity index (χ1) is 14.1. The summed E-state index contributed by atoms with van der Waals surface area (Å²) in [5.41, 5.74) is 3.74. The van der Waals surface area contributed by atoms with E-state index in [0.29, 0.717) is 24.8 Å². The highest BCUT2D eigenvalue weighted by Gasteiger charge is 2.24. The summed E-state index contributed by atoms with van der Waals surface area (Å²) >= 11 is 0. The third kappa shape index (κ3) is 4.37. The lowest BCUT2D eigenvalue weighted by Crippen LogP contribution is -2.38. The first kappa shape index (κ1) is 19.3. The minimum atomic E-state index is -0.577. The first-order valence-electron chi connectivity index (χ1n) is 10.0. The molecule has 29 heavy (non-hydrogen) atoms. The van der Waals surface area contributed by atoms with Gasteiger partial charge < -0.3 is 15.4 Å². The summed E-state index contributed by atoms with van der Waals surface area (Å²) < 4.78 is 7.55. The fourth-order valence-electron chi connectivity index (χ4n) is 3.55. The Morgan fingerprint density at radius 3 is 2.86 bits per heavy atom. The molecule has 0 spiro atoms. The Hall–Kier alpha value is -3.00. The van der Waals surface area contributed by atoms with Crippen molar-refractivity contribution in [3.05, 3.63) is 47.9 Å². The zero-order chi connectivity index (χ0) is 20.2. The molecule has 1 amide bonds. The molecule has 0 saturated carbocycles. The quantitative estimate of drug-likeness (QED) is 0.635. The highest BCUT2D eigenvalue weighted by molar-refractivity contribution is 5.80. The number of aromatic nitrogens is 4. The van der Waals surface area contributed by atoms with E-state index in [1.165, 1.54) is 0 Å². The average Bonchev–Trinajstić information content (AvgIpc) is 3.38. The van der Waals surface area contributed by atoms with Gasteiger partial charge in [-0.05, 0) is 38.9 Å². The summed E-state index contributed by atoms with van der Waals surface area (Å²) in [5, 5.41) is 11.0. The van der Waals surface area contributed by atoms with Gasteiger partial charge in [0, 0.05) is 31.4 Å². The van der Waals surface area contributed by atoms with Gasteiger partial charge in [-0.1, -0.05) is 17.7 Å². The molecule has 0 bridgehead atoms. The summed E-state index contributed by atoms with van der Waals surface area (Å²) in [4.78, 5) is 21.3. The summed E-state index contributed by atoms with van der Waals surface area (Å²) in [5.74, 6) is 0.878. The second kappa shape index (κ2) is 8.57. The highest BCUT2D eigenvalue weighted by atomic mass is 16.5. The van der Waals surface area contributed by atoms with E-state index in [9.17, 15) is 4.79 Å². The maximum atomic E-state index is 12.4. The number of nitrogens with zero attached hydrogens (tertiary/aromatic N) is 4. The fraction of sp³-hybridized carbons (Fsp3) is 0.429. The summed E-state index contributed by atoms with van der Waals surface area (Å²) in [6.07, 6.45) is 3.85. The van der Waals surface area contributed by atoms with Gasteiger partial charge >= 0.3 is 0 Å². The van der Waals surface area contributed by atoms with Gasteiger partial charge in [0.1, 0.15) is 11.3 Å². The maximum absolute atomic E-state index is 12.4. The maximum Gasteiger partial charge on any atom is 0.260 e. The van der Waals surface area contributed by atoms with Crippen LogP contribution in [0.5, 0.6) is 5.75 Å². The van der Waals surface area contributed by atoms with Crippen molar-refractivity contribution in [2.75, 3.05) is 19.6 Å². The molecule has 8 heteroatoms. The number of hydrogen-bond donors (Lipinski definition) is 2. The van der Waals surface area contributed by atoms with Crippen LogP contribution in [0.2, 0.25) is 0 Å². The molecule has 1 aliphatic heterocycles. The van der Waals surface area contributed by atoms with E-state index in [1.807, 2.05) is 35.9 Å². The first-order valence-corrected chi connectivity index (χ1v) is 10.0. The number of nitrogens with one attached hydrogen (secondary N) is 2. The minimum absolute atomic E-state index is 0.159. The van der Waals surface area contributed by atoms with Crippen LogP contribution in [0.1, 0.15) is 30.5 Å². The Morgan fingerprint density at radius 2 is 2.10 bits per heavy atom. The molecule has 0 aliphatic carbocycles. The van der Waals surface area contributed by atoms with Crippen LogP contribution < -0.4 is 15.4 Å². The van der Waals surface area contributed by atoms with Crippen LogP contribution in [0.15, 0.2) is 36.7 Å². The number of carbonyl (C=O) groups excluding carboxylic acids is 1. The van der Waals surface area contributed by atoms with Gasteiger partial charge in [-0.25, -0.2) is 14.6 Å². The van der Waals surface area contributed by atoms with Crippen molar-refractivity contribution in [1.29, 1.82) is 0 Å². The van der Waals surface area contributed by atoms with Crippen LogP contribution in [-0.2, 0) is 11.3 Å². The van der Waals surface area contributed by atoms with Crippen molar-refractivity contribution in [3.63, 3.8) is 0 Å². The van der Waals surface area contributed by atoms with E-state index in [2.05, 4.69) is 20.6 Å². The number of benzene rings is 1. The number of aryl methyl sites for hydroxylation is 1. The van der Waals surface area contributed by atoms with Crippen molar-refractivity contribution in [2.24, 2.45) is 0 Å². The predicted molar refractivity (Wildman–Crippen MR) is 110 cm³/mol. The number of carbonyl (C=O) groups is 1. The molecule has 3 aromatic rings. The Morgan fingerprint density at radius 1 is 1.31 bits per heavy atom. The number of amides is 1. The van der Waals surface area contributed by atoms with Gasteiger partial charge in [0.2, 0.25) is 0 Å².